The first-order valence-corrected chi connectivity index (χ1v) is 6.82. The lowest BCUT2D eigenvalue weighted by atomic mass is 10.2. The standard InChI is InChI=1S/C14H13Cl2N3O/c1-2-17-12-7-6-9(8-18-12)14(20)19-11-5-3-4-10(15)13(11)16/h3-8H,2H2,1H3,(H,17,18)(H,19,20). The van der Waals surface area contributed by atoms with Crippen molar-refractivity contribution >= 4 is 40.6 Å². The zero-order chi connectivity index (χ0) is 14.5. The number of pyridine rings is 1. The van der Waals surface area contributed by atoms with E-state index in [2.05, 4.69) is 15.6 Å². The Morgan fingerprint density at radius 1 is 1.25 bits per heavy atom. The van der Waals surface area contributed by atoms with Crippen molar-refractivity contribution < 1.29 is 4.79 Å². The Balaban J connectivity index is 2.13. The molecule has 6 heteroatoms. The minimum atomic E-state index is -0.287. The van der Waals surface area contributed by atoms with E-state index in [1.165, 1.54) is 6.20 Å². The van der Waals surface area contributed by atoms with Crippen LogP contribution in [0.1, 0.15) is 17.3 Å². The molecule has 1 aromatic carbocycles. The van der Waals surface area contributed by atoms with E-state index in [4.69, 9.17) is 23.2 Å². The van der Waals surface area contributed by atoms with Crippen molar-refractivity contribution in [3.63, 3.8) is 0 Å². The van der Waals surface area contributed by atoms with Crippen LogP contribution in [0.2, 0.25) is 10.0 Å². The Bertz CT molecular complexity index is 614. The number of aromatic nitrogens is 1. The fraction of sp³-hybridized carbons (Fsp3) is 0.143. The molecule has 1 amide bonds. The molecule has 20 heavy (non-hydrogen) atoms. The highest BCUT2D eigenvalue weighted by atomic mass is 35.5. The highest BCUT2D eigenvalue weighted by Gasteiger charge is 2.10. The molecule has 2 rings (SSSR count). The molecular weight excluding hydrogens is 297 g/mol. The number of carbonyl (C=O) groups excluding carboxylic acids is 1. The minimum absolute atomic E-state index is 0.287. The lowest BCUT2D eigenvalue weighted by Gasteiger charge is -2.08. The monoisotopic (exact) mass is 309 g/mol. The second kappa shape index (κ2) is 6.59. The molecule has 0 aliphatic carbocycles. The Morgan fingerprint density at radius 3 is 2.70 bits per heavy atom. The summed E-state index contributed by atoms with van der Waals surface area (Å²) in [7, 11) is 0. The third kappa shape index (κ3) is 3.40. The second-order valence-corrected chi connectivity index (χ2v) is 4.80. The van der Waals surface area contributed by atoms with Gasteiger partial charge in [-0.25, -0.2) is 4.98 Å². The summed E-state index contributed by atoms with van der Waals surface area (Å²) >= 11 is 11.9. The summed E-state index contributed by atoms with van der Waals surface area (Å²) in [5.41, 5.74) is 0.919. The van der Waals surface area contributed by atoms with Gasteiger partial charge in [0.15, 0.2) is 0 Å². The predicted octanol–water partition coefficient (Wildman–Crippen LogP) is 4.07. The van der Waals surface area contributed by atoms with E-state index in [1.807, 2.05) is 6.92 Å². The number of anilines is 2. The van der Waals surface area contributed by atoms with Crippen LogP contribution in [-0.4, -0.2) is 17.4 Å². The molecule has 1 heterocycles. The van der Waals surface area contributed by atoms with E-state index in [0.717, 1.165) is 12.4 Å². The van der Waals surface area contributed by atoms with Crippen LogP contribution >= 0.6 is 23.2 Å². The van der Waals surface area contributed by atoms with Crippen molar-refractivity contribution in [1.82, 2.24) is 4.98 Å². The summed E-state index contributed by atoms with van der Waals surface area (Å²) in [5, 5.41) is 6.47. The maximum atomic E-state index is 12.1. The molecule has 0 unspecified atom stereocenters. The number of amides is 1. The fourth-order valence-electron chi connectivity index (χ4n) is 1.61. The van der Waals surface area contributed by atoms with Crippen LogP contribution in [0, 0.1) is 0 Å². The summed E-state index contributed by atoms with van der Waals surface area (Å²) < 4.78 is 0. The second-order valence-electron chi connectivity index (χ2n) is 4.02. The number of carbonyl (C=O) groups is 1. The average Bonchev–Trinajstić information content (AvgIpc) is 2.45. The molecule has 1 aromatic heterocycles. The van der Waals surface area contributed by atoms with Crippen LogP contribution in [0.15, 0.2) is 36.5 Å². The van der Waals surface area contributed by atoms with Gasteiger partial charge in [0.05, 0.1) is 21.3 Å². The first-order chi connectivity index (χ1) is 9.61. The lowest BCUT2D eigenvalue weighted by molar-refractivity contribution is 0.102. The number of rotatable bonds is 4. The van der Waals surface area contributed by atoms with Gasteiger partial charge in [-0.1, -0.05) is 29.3 Å². The summed E-state index contributed by atoms with van der Waals surface area (Å²) in [6, 6.07) is 8.51. The molecule has 0 radical (unpaired) electrons. The van der Waals surface area contributed by atoms with Crippen molar-refractivity contribution in [2.45, 2.75) is 6.92 Å². The van der Waals surface area contributed by atoms with Gasteiger partial charge in [-0.2, -0.15) is 0 Å². The van der Waals surface area contributed by atoms with Gasteiger partial charge in [0.2, 0.25) is 0 Å². The van der Waals surface area contributed by atoms with Crippen LogP contribution in [0.25, 0.3) is 0 Å². The Kier molecular flexibility index (Phi) is 4.82. The van der Waals surface area contributed by atoms with Gasteiger partial charge in [0.25, 0.3) is 5.91 Å². The molecule has 0 aliphatic rings. The van der Waals surface area contributed by atoms with Crippen LogP contribution in [0.5, 0.6) is 0 Å². The lowest BCUT2D eigenvalue weighted by Crippen LogP contribution is -2.13. The van der Waals surface area contributed by atoms with Gasteiger partial charge in [-0.3, -0.25) is 4.79 Å². The van der Waals surface area contributed by atoms with Crippen LogP contribution in [0.3, 0.4) is 0 Å². The fourth-order valence-corrected chi connectivity index (χ4v) is 1.96. The number of nitrogens with zero attached hydrogens (tertiary/aromatic N) is 1. The maximum Gasteiger partial charge on any atom is 0.257 e. The Labute approximate surface area is 127 Å². The van der Waals surface area contributed by atoms with Gasteiger partial charge in [0.1, 0.15) is 5.82 Å². The van der Waals surface area contributed by atoms with Gasteiger partial charge in [-0.15, -0.1) is 0 Å². The van der Waals surface area contributed by atoms with Crippen LogP contribution < -0.4 is 10.6 Å². The minimum Gasteiger partial charge on any atom is -0.370 e. The van der Waals surface area contributed by atoms with E-state index in [-0.39, 0.29) is 5.91 Å². The number of benzene rings is 1. The SMILES string of the molecule is CCNc1ccc(C(=O)Nc2cccc(Cl)c2Cl)cn1. The van der Waals surface area contributed by atoms with Crippen molar-refractivity contribution in [3.8, 4) is 0 Å². The molecule has 104 valence electrons. The first kappa shape index (κ1) is 14.6. The quantitative estimate of drug-likeness (QED) is 0.895. The zero-order valence-electron chi connectivity index (χ0n) is 10.8. The third-order valence-electron chi connectivity index (χ3n) is 2.58. The summed E-state index contributed by atoms with van der Waals surface area (Å²) in [4.78, 5) is 16.2. The number of hydrogen-bond acceptors (Lipinski definition) is 3. The average molecular weight is 310 g/mol. The summed E-state index contributed by atoms with van der Waals surface area (Å²) in [5.74, 6) is 0.439. The van der Waals surface area contributed by atoms with Crippen LogP contribution in [0.4, 0.5) is 11.5 Å². The molecule has 0 bridgehead atoms. The molecule has 2 N–H and O–H groups in total. The molecule has 0 spiro atoms. The van der Waals surface area contributed by atoms with E-state index >= 15 is 0 Å². The highest BCUT2D eigenvalue weighted by molar-refractivity contribution is 6.44. The first-order valence-electron chi connectivity index (χ1n) is 6.07. The zero-order valence-corrected chi connectivity index (χ0v) is 12.3. The maximum absolute atomic E-state index is 12.1. The summed E-state index contributed by atoms with van der Waals surface area (Å²) in [6.45, 7) is 2.75. The molecule has 2 aromatic rings. The number of hydrogen-bond donors (Lipinski definition) is 2. The van der Waals surface area contributed by atoms with Crippen molar-refractivity contribution in [2.24, 2.45) is 0 Å². The van der Waals surface area contributed by atoms with Crippen molar-refractivity contribution in [2.75, 3.05) is 17.2 Å². The molecule has 0 fully saturated rings. The molecule has 0 atom stereocenters. The highest BCUT2D eigenvalue weighted by Crippen LogP contribution is 2.29. The van der Waals surface area contributed by atoms with E-state index < -0.39 is 0 Å². The van der Waals surface area contributed by atoms with E-state index in [9.17, 15) is 4.79 Å². The largest absolute Gasteiger partial charge is 0.370 e. The molecule has 0 saturated heterocycles. The normalized spacial score (nSPS) is 10.2. The number of nitrogens with one attached hydrogen (secondary N) is 2. The summed E-state index contributed by atoms with van der Waals surface area (Å²) in [6.07, 6.45) is 1.51. The van der Waals surface area contributed by atoms with E-state index in [1.54, 1.807) is 30.3 Å². The third-order valence-corrected chi connectivity index (χ3v) is 3.40. The van der Waals surface area contributed by atoms with E-state index in [0.29, 0.717) is 21.3 Å². The molecule has 4 nitrogen and oxygen atoms in total. The Morgan fingerprint density at radius 2 is 2.05 bits per heavy atom. The van der Waals surface area contributed by atoms with Crippen molar-refractivity contribution in [3.05, 3.63) is 52.1 Å². The Hall–Kier alpha value is -1.78. The molecular formula is C14H13Cl2N3O. The van der Waals surface area contributed by atoms with Crippen molar-refractivity contribution in [1.29, 1.82) is 0 Å². The number of halogens is 2. The van der Waals surface area contributed by atoms with Gasteiger partial charge >= 0.3 is 0 Å². The van der Waals surface area contributed by atoms with Gasteiger partial charge in [0, 0.05) is 12.7 Å². The van der Waals surface area contributed by atoms with Gasteiger partial charge < -0.3 is 10.6 Å². The van der Waals surface area contributed by atoms with Gasteiger partial charge in [-0.05, 0) is 31.2 Å². The smallest absolute Gasteiger partial charge is 0.257 e. The molecule has 0 saturated carbocycles. The molecule has 0 aliphatic heterocycles. The predicted molar refractivity (Wildman–Crippen MR) is 82.8 cm³/mol. The topological polar surface area (TPSA) is 54.0 Å². The van der Waals surface area contributed by atoms with Crippen LogP contribution in [-0.2, 0) is 0 Å².